The fraction of sp³-hybridized carbons (Fsp3) is 0.133. The van der Waals surface area contributed by atoms with Crippen molar-refractivity contribution in [2.45, 2.75) is 13.0 Å². The molecule has 2 N–H and O–H groups in total. The fourth-order valence-corrected chi connectivity index (χ4v) is 1.97. The molecule has 0 heterocycles. The quantitative estimate of drug-likeness (QED) is 0.670. The van der Waals surface area contributed by atoms with Crippen molar-refractivity contribution in [1.82, 2.24) is 0 Å². The molecule has 7 heteroatoms. The smallest absolute Gasteiger partial charge is 0.272 e. The van der Waals surface area contributed by atoms with Gasteiger partial charge in [0.2, 0.25) is 0 Å². The number of halogens is 1. The van der Waals surface area contributed by atoms with E-state index in [1.54, 1.807) is 24.3 Å². The Balaban J connectivity index is 2.29. The highest BCUT2D eigenvalue weighted by molar-refractivity contribution is 6.05. The molecule has 0 spiro atoms. The van der Waals surface area contributed by atoms with E-state index in [2.05, 4.69) is 5.32 Å². The number of nitrogens with one attached hydrogen (secondary N) is 1. The molecule has 2 aromatic rings. The number of nitrogens with zero attached hydrogens (tertiary/aromatic N) is 1. The Kier molecular flexibility index (Phi) is 4.47. The van der Waals surface area contributed by atoms with Crippen LogP contribution >= 0.6 is 0 Å². The van der Waals surface area contributed by atoms with Crippen LogP contribution in [0.1, 0.15) is 28.9 Å². The summed E-state index contributed by atoms with van der Waals surface area (Å²) >= 11 is 0. The zero-order valence-electron chi connectivity index (χ0n) is 11.6. The number of anilines is 1. The summed E-state index contributed by atoms with van der Waals surface area (Å²) < 4.78 is 13.8. The number of amides is 1. The highest BCUT2D eigenvalue weighted by Crippen LogP contribution is 2.24. The van der Waals surface area contributed by atoms with Gasteiger partial charge in [-0.15, -0.1) is 0 Å². The zero-order chi connectivity index (χ0) is 16.3. The van der Waals surface area contributed by atoms with Gasteiger partial charge < -0.3 is 10.4 Å². The van der Waals surface area contributed by atoms with E-state index in [9.17, 15) is 24.4 Å². The van der Waals surface area contributed by atoms with E-state index in [4.69, 9.17) is 0 Å². The second-order valence-electron chi connectivity index (χ2n) is 4.64. The van der Waals surface area contributed by atoms with E-state index in [1.807, 2.05) is 0 Å². The van der Waals surface area contributed by atoms with Crippen molar-refractivity contribution < 1.29 is 19.2 Å². The number of rotatable bonds is 4. The number of aliphatic hydroxyl groups is 1. The third-order valence-electron chi connectivity index (χ3n) is 3.07. The summed E-state index contributed by atoms with van der Waals surface area (Å²) in [5.74, 6) is -1.73. The van der Waals surface area contributed by atoms with Gasteiger partial charge in [-0.1, -0.05) is 18.2 Å². The standard InChI is InChI=1S/C15H13FN2O4/c1-9(19)11-4-2-3-5-14(11)17-15(20)12-7-6-10(18(21)22)8-13(12)16/h2-9,19H,1H3,(H,17,20). The van der Waals surface area contributed by atoms with Crippen molar-refractivity contribution in [2.75, 3.05) is 5.32 Å². The predicted octanol–water partition coefficient (Wildman–Crippen LogP) is 3.04. The molecule has 0 fully saturated rings. The number of non-ortho nitro benzene ring substituents is 1. The van der Waals surface area contributed by atoms with Crippen LogP contribution in [0.4, 0.5) is 15.8 Å². The van der Waals surface area contributed by atoms with Gasteiger partial charge in [0, 0.05) is 17.3 Å². The number of carbonyl (C=O) groups excluding carboxylic acids is 1. The van der Waals surface area contributed by atoms with Crippen LogP contribution in [0.3, 0.4) is 0 Å². The van der Waals surface area contributed by atoms with Crippen molar-refractivity contribution in [3.63, 3.8) is 0 Å². The number of carbonyl (C=O) groups is 1. The summed E-state index contributed by atoms with van der Waals surface area (Å²) in [6.07, 6.45) is -0.807. The van der Waals surface area contributed by atoms with Crippen LogP contribution in [0.2, 0.25) is 0 Å². The number of benzene rings is 2. The molecule has 1 amide bonds. The van der Waals surface area contributed by atoms with Crippen LogP contribution in [-0.2, 0) is 0 Å². The van der Waals surface area contributed by atoms with E-state index in [0.29, 0.717) is 17.3 Å². The second-order valence-corrected chi connectivity index (χ2v) is 4.64. The SMILES string of the molecule is CC(O)c1ccccc1NC(=O)c1ccc([N+](=O)[O-])cc1F. The third-order valence-corrected chi connectivity index (χ3v) is 3.07. The predicted molar refractivity (Wildman–Crippen MR) is 78.1 cm³/mol. The van der Waals surface area contributed by atoms with Gasteiger partial charge in [-0.3, -0.25) is 14.9 Å². The van der Waals surface area contributed by atoms with Crippen LogP contribution in [-0.4, -0.2) is 15.9 Å². The van der Waals surface area contributed by atoms with Gasteiger partial charge in [-0.25, -0.2) is 4.39 Å². The van der Waals surface area contributed by atoms with Crippen LogP contribution in [0.15, 0.2) is 42.5 Å². The van der Waals surface area contributed by atoms with Gasteiger partial charge in [0.15, 0.2) is 0 Å². The minimum atomic E-state index is -0.985. The Hall–Kier alpha value is -2.80. The Morgan fingerprint density at radius 1 is 1.32 bits per heavy atom. The molecular formula is C15H13FN2O4. The number of nitro benzene ring substituents is 1. The highest BCUT2D eigenvalue weighted by Gasteiger charge is 2.17. The maximum atomic E-state index is 13.8. The molecule has 0 saturated carbocycles. The van der Waals surface area contributed by atoms with Gasteiger partial charge in [0.25, 0.3) is 11.6 Å². The zero-order valence-corrected chi connectivity index (χ0v) is 11.6. The minimum Gasteiger partial charge on any atom is -0.389 e. The van der Waals surface area contributed by atoms with Crippen molar-refractivity contribution in [3.05, 3.63) is 69.5 Å². The summed E-state index contributed by atoms with van der Waals surface area (Å²) in [4.78, 5) is 21.9. The molecule has 0 aliphatic heterocycles. The summed E-state index contributed by atoms with van der Waals surface area (Å²) in [7, 11) is 0. The van der Waals surface area contributed by atoms with Crippen LogP contribution in [0, 0.1) is 15.9 Å². The molecule has 2 rings (SSSR count). The maximum Gasteiger partial charge on any atom is 0.272 e. The molecule has 0 saturated heterocycles. The number of hydrogen-bond donors (Lipinski definition) is 2. The third kappa shape index (κ3) is 3.26. The van der Waals surface area contributed by atoms with Crippen LogP contribution < -0.4 is 5.32 Å². The Labute approximate surface area is 125 Å². The Morgan fingerprint density at radius 2 is 2.00 bits per heavy atom. The molecule has 22 heavy (non-hydrogen) atoms. The van der Waals surface area contributed by atoms with Crippen molar-refractivity contribution >= 4 is 17.3 Å². The lowest BCUT2D eigenvalue weighted by molar-refractivity contribution is -0.385. The molecule has 114 valence electrons. The molecule has 0 aliphatic carbocycles. The Bertz CT molecular complexity index is 731. The largest absolute Gasteiger partial charge is 0.389 e. The first-order valence-corrected chi connectivity index (χ1v) is 6.42. The molecular weight excluding hydrogens is 291 g/mol. The van der Waals surface area contributed by atoms with Gasteiger partial charge >= 0.3 is 0 Å². The number of hydrogen-bond acceptors (Lipinski definition) is 4. The van der Waals surface area contributed by atoms with E-state index in [0.717, 1.165) is 12.1 Å². The summed E-state index contributed by atoms with van der Waals surface area (Å²) in [6, 6.07) is 9.36. The number of nitro groups is 1. The van der Waals surface area contributed by atoms with E-state index >= 15 is 0 Å². The fourth-order valence-electron chi connectivity index (χ4n) is 1.97. The molecule has 1 atom stereocenters. The van der Waals surface area contributed by atoms with Crippen molar-refractivity contribution in [1.29, 1.82) is 0 Å². The van der Waals surface area contributed by atoms with Gasteiger partial charge in [0.1, 0.15) is 5.82 Å². The van der Waals surface area contributed by atoms with Gasteiger partial charge in [0.05, 0.1) is 22.7 Å². The van der Waals surface area contributed by atoms with E-state index < -0.39 is 28.4 Å². The molecule has 0 aliphatic rings. The molecule has 2 aromatic carbocycles. The lowest BCUT2D eigenvalue weighted by Crippen LogP contribution is -2.15. The van der Waals surface area contributed by atoms with Crippen LogP contribution in [0.5, 0.6) is 0 Å². The maximum absolute atomic E-state index is 13.8. The second kappa shape index (κ2) is 6.31. The first-order valence-electron chi connectivity index (χ1n) is 6.42. The van der Waals surface area contributed by atoms with Gasteiger partial charge in [-0.2, -0.15) is 0 Å². The van der Waals surface area contributed by atoms with E-state index in [1.165, 1.54) is 6.92 Å². The van der Waals surface area contributed by atoms with Crippen LogP contribution in [0.25, 0.3) is 0 Å². The first-order chi connectivity index (χ1) is 10.4. The Morgan fingerprint density at radius 3 is 2.59 bits per heavy atom. The van der Waals surface area contributed by atoms with Gasteiger partial charge in [-0.05, 0) is 19.1 Å². The van der Waals surface area contributed by atoms with E-state index in [-0.39, 0.29) is 5.56 Å². The lowest BCUT2D eigenvalue weighted by atomic mass is 10.1. The summed E-state index contributed by atoms with van der Waals surface area (Å²) in [6.45, 7) is 1.54. The van der Waals surface area contributed by atoms with Crippen molar-refractivity contribution in [2.24, 2.45) is 0 Å². The average molecular weight is 304 g/mol. The minimum absolute atomic E-state index is 0.314. The summed E-state index contributed by atoms with van der Waals surface area (Å²) in [5, 5.41) is 22.7. The monoisotopic (exact) mass is 304 g/mol. The normalized spacial score (nSPS) is 11.8. The molecule has 0 aromatic heterocycles. The molecule has 0 bridgehead atoms. The van der Waals surface area contributed by atoms with Crippen molar-refractivity contribution in [3.8, 4) is 0 Å². The molecule has 6 nitrogen and oxygen atoms in total. The number of para-hydroxylation sites is 1. The molecule has 1 unspecified atom stereocenters. The number of aliphatic hydroxyl groups excluding tert-OH is 1. The molecule has 0 radical (unpaired) electrons. The summed E-state index contributed by atoms with van der Waals surface area (Å²) in [5.41, 5.74) is 0.0860. The first kappa shape index (κ1) is 15.6. The topological polar surface area (TPSA) is 92.5 Å². The lowest BCUT2D eigenvalue weighted by Gasteiger charge is -2.13. The highest BCUT2D eigenvalue weighted by atomic mass is 19.1. The average Bonchev–Trinajstić information content (AvgIpc) is 2.47.